The van der Waals surface area contributed by atoms with Crippen LogP contribution in [-0.2, 0) is 6.54 Å². The van der Waals surface area contributed by atoms with Gasteiger partial charge in [-0.1, -0.05) is 35.9 Å². The SMILES string of the molecule is NCc1ccc(-c2ccc(O)cc2Cl)cc1. The second-order valence-electron chi connectivity index (χ2n) is 3.57. The van der Waals surface area contributed by atoms with Gasteiger partial charge < -0.3 is 10.8 Å². The molecule has 2 aromatic carbocycles. The number of benzene rings is 2. The molecule has 0 saturated heterocycles. The van der Waals surface area contributed by atoms with Crippen LogP contribution >= 0.6 is 11.6 Å². The average Bonchev–Trinajstić information content (AvgIpc) is 2.29. The highest BCUT2D eigenvalue weighted by molar-refractivity contribution is 6.33. The Bertz CT molecular complexity index is 494. The maximum absolute atomic E-state index is 9.27. The van der Waals surface area contributed by atoms with E-state index in [1.54, 1.807) is 12.1 Å². The van der Waals surface area contributed by atoms with E-state index >= 15 is 0 Å². The first-order valence-corrected chi connectivity index (χ1v) is 5.36. The van der Waals surface area contributed by atoms with Crippen LogP contribution in [0.15, 0.2) is 42.5 Å². The summed E-state index contributed by atoms with van der Waals surface area (Å²) in [4.78, 5) is 0. The second kappa shape index (κ2) is 4.56. The summed E-state index contributed by atoms with van der Waals surface area (Å²) in [5.74, 6) is 0.173. The van der Waals surface area contributed by atoms with E-state index in [2.05, 4.69) is 0 Å². The Morgan fingerprint density at radius 3 is 2.31 bits per heavy atom. The zero-order chi connectivity index (χ0) is 11.5. The smallest absolute Gasteiger partial charge is 0.117 e. The summed E-state index contributed by atoms with van der Waals surface area (Å²) < 4.78 is 0. The van der Waals surface area contributed by atoms with Gasteiger partial charge >= 0.3 is 0 Å². The van der Waals surface area contributed by atoms with Gasteiger partial charge in [-0.2, -0.15) is 0 Å². The number of rotatable bonds is 2. The second-order valence-corrected chi connectivity index (χ2v) is 3.97. The number of hydrogen-bond acceptors (Lipinski definition) is 2. The average molecular weight is 234 g/mol. The first kappa shape index (κ1) is 11.0. The van der Waals surface area contributed by atoms with Crippen molar-refractivity contribution in [2.45, 2.75) is 6.54 Å². The van der Waals surface area contributed by atoms with Gasteiger partial charge in [-0.05, 0) is 29.3 Å². The first-order valence-electron chi connectivity index (χ1n) is 4.98. The maximum Gasteiger partial charge on any atom is 0.117 e. The zero-order valence-corrected chi connectivity index (χ0v) is 9.41. The summed E-state index contributed by atoms with van der Waals surface area (Å²) in [7, 11) is 0. The molecule has 0 aliphatic heterocycles. The molecule has 0 atom stereocenters. The molecule has 0 aromatic heterocycles. The predicted octanol–water partition coefficient (Wildman–Crippen LogP) is 3.17. The van der Waals surface area contributed by atoms with E-state index < -0.39 is 0 Å². The van der Waals surface area contributed by atoms with Crippen molar-refractivity contribution in [2.24, 2.45) is 5.73 Å². The Labute approximate surface area is 99.3 Å². The normalized spacial score (nSPS) is 10.4. The number of phenolic OH excluding ortho intramolecular Hbond substituents is 1. The van der Waals surface area contributed by atoms with Crippen LogP contribution < -0.4 is 5.73 Å². The lowest BCUT2D eigenvalue weighted by Gasteiger charge is -2.05. The van der Waals surface area contributed by atoms with Gasteiger partial charge in [0.15, 0.2) is 0 Å². The molecule has 0 bridgehead atoms. The van der Waals surface area contributed by atoms with E-state index in [0.29, 0.717) is 11.6 Å². The molecule has 3 heteroatoms. The van der Waals surface area contributed by atoms with Crippen LogP contribution in [0.2, 0.25) is 5.02 Å². The quantitative estimate of drug-likeness (QED) is 0.837. The van der Waals surface area contributed by atoms with Crippen LogP contribution in [0.25, 0.3) is 11.1 Å². The van der Waals surface area contributed by atoms with Crippen molar-refractivity contribution < 1.29 is 5.11 Å². The number of nitrogens with two attached hydrogens (primary N) is 1. The molecule has 0 fully saturated rings. The molecule has 16 heavy (non-hydrogen) atoms. The van der Waals surface area contributed by atoms with Crippen molar-refractivity contribution >= 4 is 11.6 Å². The minimum atomic E-state index is 0.173. The van der Waals surface area contributed by atoms with Crippen LogP contribution in [0.5, 0.6) is 5.75 Å². The molecule has 0 heterocycles. The highest BCUT2D eigenvalue weighted by Crippen LogP contribution is 2.30. The molecule has 0 aliphatic rings. The van der Waals surface area contributed by atoms with Crippen molar-refractivity contribution in [1.82, 2.24) is 0 Å². The van der Waals surface area contributed by atoms with Gasteiger partial charge in [-0.3, -0.25) is 0 Å². The molecule has 2 nitrogen and oxygen atoms in total. The van der Waals surface area contributed by atoms with E-state index in [0.717, 1.165) is 16.7 Å². The number of phenols is 1. The number of hydrogen-bond donors (Lipinski definition) is 2. The van der Waals surface area contributed by atoms with E-state index in [1.165, 1.54) is 6.07 Å². The summed E-state index contributed by atoms with van der Waals surface area (Å²) in [5, 5.41) is 9.81. The van der Waals surface area contributed by atoms with Gasteiger partial charge in [-0.15, -0.1) is 0 Å². The highest BCUT2D eigenvalue weighted by atomic mass is 35.5. The Morgan fingerprint density at radius 1 is 1.06 bits per heavy atom. The molecule has 0 aliphatic carbocycles. The lowest BCUT2D eigenvalue weighted by molar-refractivity contribution is 0.475. The van der Waals surface area contributed by atoms with Crippen molar-refractivity contribution in [3.8, 4) is 16.9 Å². The predicted molar refractivity (Wildman–Crippen MR) is 66.4 cm³/mol. The molecule has 0 unspecified atom stereocenters. The van der Waals surface area contributed by atoms with Gasteiger partial charge in [0.2, 0.25) is 0 Å². The molecular formula is C13H12ClNO. The molecule has 0 amide bonds. The zero-order valence-electron chi connectivity index (χ0n) is 8.65. The monoisotopic (exact) mass is 233 g/mol. The van der Waals surface area contributed by atoms with Gasteiger partial charge in [0, 0.05) is 12.1 Å². The highest BCUT2D eigenvalue weighted by Gasteiger charge is 2.04. The number of aromatic hydroxyl groups is 1. The Kier molecular flexibility index (Phi) is 3.13. The van der Waals surface area contributed by atoms with Crippen LogP contribution in [0.3, 0.4) is 0 Å². The molecule has 3 N–H and O–H groups in total. The Balaban J connectivity index is 2.42. The fraction of sp³-hybridized carbons (Fsp3) is 0.0769. The van der Waals surface area contributed by atoms with Crippen molar-refractivity contribution in [3.05, 3.63) is 53.1 Å². The van der Waals surface area contributed by atoms with E-state index in [4.69, 9.17) is 17.3 Å². The molecule has 2 rings (SSSR count). The summed E-state index contributed by atoms with van der Waals surface area (Å²) >= 11 is 6.05. The summed E-state index contributed by atoms with van der Waals surface area (Å²) in [6, 6.07) is 12.8. The molecule has 0 radical (unpaired) electrons. The van der Waals surface area contributed by atoms with Crippen molar-refractivity contribution in [2.75, 3.05) is 0 Å². The molecule has 2 aromatic rings. The number of halogens is 1. The van der Waals surface area contributed by atoms with Gasteiger partial charge in [0.1, 0.15) is 5.75 Å². The Hall–Kier alpha value is -1.51. The minimum absolute atomic E-state index is 0.173. The lowest BCUT2D eigenvalue weighted by atomic mass is 10.0. The standard InChI is InChI=1S/C13H12ClNO/c14-13-7-11(16)5-6-12(13)10-3-1-9(8-15)2-4-10/h1-7,16H,8,15H2. The molecule has 0 saturated carbocycles. The van der Waals surface area contributed by atoms with Crippen molar-refractivity contribution in [3.63, 3.8) is 0 Å². The van der Waals surface area contributed by atoms with E-state index in [1.807, 2.05) is 24.3 Å². The topological polar surface area (TPSA) is 46.2 Å². The Morgan fingerprint density at radius 2 is 1.75 bits per heavy atom. The largest absolute Gasteiger partial charge is 0.508 e. The van der Waals surface area contributed by atoms with Crippen molar-refractivity contribution in [1.29, 1.82) is 0 Å². The van der Waals surface area contributed by atoms with Gasteiger partial charge in [0.25, 0.3) is 0 Å². The van der Waals surface area contributed by atoms with Crippen LogP contribution in [0.4, 0.5) is 0 Å². The minimum Gasteiger partial charge on any atom is -0.508 e. The lowest BCUT2D eigenvalue weighted by Crippen LogP contribution is -1.95. The first-order chi connectivity index (χ1) is 7.70. The fourth-order valence-corrected chi connectivity index (χ4v) is 1.84. The molecule has 82 valence electrons. The van der Waals surface area contributed by atoms with Gasteiger partial charge in [0.05, 0.1) is 5.02 Å². The third-order valence-corrected chi connectivity index (χ3v) is 2.77. The summed E-state index contributed by atoms with van der Waals surface area (Å²) in [5.41, 5.74) is 8.53. The summed E-state index contributed by atoms with van der Waals surface area (Å²) in [6.45, 7) is 0.531. The van der Waals surface area contributed by atoms with Crippen LogP contribution in [0, 0.1) is 0 Å². The van der Waals surface area contributed by atoms with Crippen LogP contribution in [-0.4, -0.2) is 5.11 Å². The fourth-order valence-electron chi connectivity index (χ4n) is 1.56. The van der Waals surface area contributed by atoms with Gasteiger partial charge in [-0.25, -0.2) is 0 Å². The molecular weight excluding hydrogens is 222 g/mol. The summed E-state index contributed by atoms with van der Waals surface area (Å²) in [6.07, 6.45) is 0. The third-order valence-electron chi connectivity index (χ3n) is 2.45. The van der Waals surface area contributed by atoms with Crippen LogP contribution in [0.1, 0.15) is 5.56 Å². The maximum atomic E-state index is 9.27. The third kappa shape index (κ3) is 2.18. The van der Waals surface area contributed by atoms with E-state index in [9.17, 15) is 5.11 Å². The van der Waals surface area contributed by atoms with E-state index in [-0.39, 0.29) is 5.75 Å². The molecule has 0 spiro atoms.